The van der Waals surface area contributed by atoms with Crippen LogP contribution in [0.3, 0.4) is 0 Å². The maximum atomic E-state index is 12.4. The quantitative estimate of drug-likeness (QED) is 0.740. The molecule has 2 aliphatic rings. The molecule has 0 aromatic rings. The lowest BCUT2D eigenvalue weighted by Crippen LogP contribution is -2.52. The van der Waals surface area contributed by atoms with Crippen LogP contribution in [0, 0.1) is 5.92 Å². The molecule has 0 saturated carbocycles. The van der Waals surface area contributed by atoms with Crippen LogP contribution in [-0.2, 0) is 9.53 Å². The summed E-state index contributed by atoms with van der Waals surface area (Å²) in [6.07, 6.45) is 6.78. The van der Waals surface area contributed by atoms with E-state index in [1.807, 2.05) is 11.8 Å². The summed E-state index contributed by atoms with van der Waals surface area (Å²) in [6.45, 7) is 6.83. The van der Waals surface area contributed by atoms with E-state index in [2.05, 4.69) is 17.1 Å². The number of allylic oxidation sites excluding steroid dienone is 2. The van der Waals surface area contributed by atoms with E-state index >= 15 is 0 Å². The Hall–Kier alpha value is -0.910. The SMILES string of the molecule is CCOC[C@@H](O)CN1CCN(C(=O)[C@H]2CC=CCC2)CC1. The molecule has 1 aliphatic heterocycles. The third kappa shape index (κ3) is 5.09. The van der Waals surface area contributed by atoms with E-state index in [0.29, 0.717) is 25.7 Å². The number of ether oxygens (including phenoxy) is 1. The van der Waals surface area contributed by atoms with Gasteiger partial charge in [0, 0.05) is 45.2 Å². The van der Waals surface area contributed by atoms with Crippen molar-refractivity contribution in [2.24, 2.45) is 5.92 Å². The molecule has 1 aliphatic carbocycles. The molecule has 1 amide bonds. The van der Waals surface area contributed by atoms with Crippen molar-refractivity contribution >= 4 is 5.91 Å². The van der Waals surface area contributed by atoms with Gasteiger partial charge in [-0.25, -0.2) is 0 Å². The fourth-order valence-corrected chi connectivity index (χ4v) is 3.03. The van der Waals surface area contributed by atoms with Crippen molar-refractivity contribution in [3.63, 3.8) is 0 Å². The highest BCUT2D eigenvalue weighted by Gasteiger charge is 2.27. The van der Waals surface area contributed by atoms with Crippen LogP contribution in [0.1, 0.15) is 26.2 Å². The van der Waals surface area contributed by atoms with Crippen LogP contribution in [0.25, 0.3) is 0 Å². The van der Waals surface area contributed by atoms with E-state index in [9.17, 15) is 9.90 Å². The monoisotopic (exact) mass is 296 g/mol. The first-order chi connectivity index (χ1) is 10.2. The van der Waals surface area contributed by atoms with Gasteiger partial charge in [-0.05, 0) is 26.2 Å². The van der Waals surface area contributed by atoms with Crippen molar-refractivity contribution in [1.29, 1.82) is 0 Å². The van der Waals surface area contributed by atoms with Gasteiger partial charge in [0.2, 0.25) is 5.91 Å². The van der Waals surface area contributed by atoms with E-state index in [1.54, 1.807) is 0 Å². The minimum atomic E-state index is -0.435. The molecule has 0 bridgehead atoms. The molecule has 0 radical (unpaired) electrons. The normalized spacial score (nSPS) is 25.0. The Morgan fingerprint density at radius 1 is 1.33 bits per heavy atom. The molecule has 1 fully saturated rings. The van der Waals surface area contributed by atoms with Gasteiger partial charge in [0.15, 0.2) is 0 Å². The first-order valence-electron chi connectivity index (χ1n) is 8.12. The molecular weight excluding hydrogens is 268 g/mol. The Kier molecular flexibility index (Phi) is 6.67. The molecule has 120 valence electrons. The lowest BCUT2D eigenvalue weighted by Gasteiger charge is -2.37. The predicted molar refractivity (Wildman–Crippen MR) is 82.0 cm³/mol. The summed E-state index contributed by atoms with van der Waals surface area (Å²) in [5.74, 6) is 0.499. The van der Waals surface area contributed by atoms with Gasteiger partial charge < -0.3 is 14.7 Å². The van der Waals surface area contributed by atoms with E-state index in [4.69, 9.17) is 4.74 Å². The average molecular weight is 296 g/mol. The molecular formula is C16H28N2O3. The van der Waals surface area contributed by atoms with E-state index in [0.717, 1.165) is 45.4 Å². The molecule has 21 heavy (non-hydrogen) atoms. The standard InChI is InChI=1S/C16H28N2O3/c1-2-21-13-15(19)12-17-8-10-18(11-9-17)16(20)14-6-4-3-5-7-14/h3-4,14-15,19H,2,5-13H2,1H3/t14-,15-/m0/s1. The Morgan fingerprint density at radius 3 is 2.71 bits per heavy atom. The maximum Gasteiger partial charge on any atom is 0.226 e. The zero-order valence-electron chi connectivity index (χ0n) is 13.0. The Labute approximate surface area is 127 Å². The van der Waals surface area contributed by atoms with Gasteiger partial charge in [-0.2, -0.15) is 0 Å². The first kappa shape index (κ1) is 16.5. The van der Waals surface area contributed by atoms with Gasteiger partial charge in [-0.1, -0.05) is 12.2 Å². The van der Waals surface area contributed by atoms with Crippen LogP contribution in [0.2, 0.25) is 0 Å². The highest BCUT2D eigenvalue weighted by Crippen LogP contribution is 2.21. The molecule has 1 saturated heterocycles. The van der Waals surface area contributed by atoms with Gasteiger partial charge in [-0.3, -0.25) is 9.69 Å². The lowest BCUT2D eigenvalue weighted by molar-refractivity contribution is -0.137. The number of hydrogen-bond donors (Lipinski definition) is 1. The Morgan fingerprint density at radius 2 is 2.10 bits per heavy atom. The highest BCUT2D eigenvalue weighted by atomic mass is 16.5. The number of carbonyl (C=O) groups excluding carboxylic acids is 1. The fourth-order valence-electron chi connectivity index (χ4n) is 3.03. The van der Waals surface area contributed by atoms with Gasteiger partial charge in [0.25, 0.3) is 0 Å². The van der Waals surface area contributed by atoms with Crippen LogP contribution < -0.4 is 0 Å². The molecule has 0 aromatic heterocycles. The van der Waals surface area contributed by atoms with Gasteiger partial charge in [0.1, 0.15) is 0 Å². The van der Waals surface area contributed by atoms with Crippen molar-refractivity contribution in [3.05, 3.63) is 12.2 Å². The van der Waals surface area contributed by atoms with Crippen LogP contribution >= 0.6 is 0 Å². The lowest BCUT2D eigenvalue weighted by atomic mass is 9.93. The topological polar surface area (TPSA) is 53.0 Å². The van der Waals surface area contributed by atoms with E-state index in [-0.39, 0.29) is 5.92 Å². The van der Waals surface area contributed by atoms with Crippen molar-refractivity contribution in [1.82, 2.24) is 9.80 Å². The predicted octanol–water partition coefficient (Wildman–Crippen LogP) is 0.884. The average Bonchev–Trinajstić information content (AvgIpc) is 2.54. The number of β-amino-alcohol motifs (C(OH)–C–C–N with tert-alkyl or cyclic N) is 1. The number of hydrogen-bond acceptors (Lipinski definition) is 4. The molecule has 0 spiro atoms. The number of nitrogens with zero attached hydrogens (tertiary/aromatic N) is 2. The molecule has 0 unspecified atom stereocenters. The highest BCUT2D eigenvalue weighted by molar-refractivity contribution is 5.79. The third-order valence-electron chi connectivity index (χ3n) is 4.29. The molecule has 2 atom stereocenters. The number of aliphatic hydroxyl groups is 1. The summed E-state index contributed by atoms with van der Waals surface area (Å²) in [4.78, 5) is 16.6. The van der Waals surface area contributed by atoms with Crippen molar-refractivity contribution in [3.8, 4) is 0 Å². The summed E-state index contributed by atoms with van der Waals surface area (Å²) >= 11 is 0. The van der Waals surface area contributed by atoms with Gasteiger partial charge >= 0.3 is 0 Å². The summed E-state index contributed by atoms with van der Waals surface area (Å²) in [7, 11) is 0. The molecule has 2 rings (SSSR count). The minimum Gasteiger partial charge on any atom is -0.389 e. The number of rotatable bonds is 6. The number of amides is 1. The smallest absolute Gasteiger partial charge is 0.226 e. The largest absolute Gasteiger partial charge is 0.389 e. The zero-order valence-corrected chi connectivity index (χ0v) is 13.0. The Balaban J connectivity index is 1.70. The van der Waals surface area contributed by atoms with Gasteiger partial charge in [0.05, 0.1) is 12.7 Å². The zero-order chi connectivity index (χ0) is 15.1. The summed E-state index contributed by atoms with van der Waals surface area (Å²) in [5.41, 5.74) is 0. The number of piperazine rings is 1. The van der Waals surface area contributed by atoms with E-state index in [1.165, 1.54) is 0 Å². The molecule has 1 heterocycles. The second-order valence-electron chi connectivity index (χ2n) is 5.92. The van der Waals surface area contributed by atoms with E-state index < -0.39 is 6.10 Å². The first-order valence-corrected chi connectivity index (χ1v) is 8.12. The van der Waals surface area contributed by atoms with Gasteiger partial charge in [-0.15, -0.1) is 0 Å². The third-order valence-corrected chi connectivity index (χ3v) is 4.29. The molecule has 5 nitrogen and oxygen atoms in total. The van der Waals surface area contributed by atoms with Crippen molar-refractivity contribution < 1.29 is 14.6 Å². The minimum absolute atomic E-state index is 0.185. The molecule has 1 N–H and O–H groups in total. The summed E-state index contributed by atoms with van der Waals surface area (Å²) in [6, 6.07) is 0. The van der Waals surface area contributed by atoms with Crippen LogP contribution in [0.5, 0.6) is 0 Å². The van der Waals surface area contributed by atoms with Crippen molar-refractivity contribution in [2.75, 3.05) is 45.9 Å². The van der Waals surface area contributed by atoms with Crippen LogP contribution in [0.15, 0.2) is 12.2 Å². The van der Waals surface area contributed by atoms with Crippen LogP contribution in [-0.4, -0.2) is 72.9 Å². The van der Waals surface area contributed by atoms with Crippen LogP contribution in [0.4, 0.5) is 0 Å². The molecule has 5 heteroatoms. The number of carbonyl (C=O) groups is 1. The fraction of sp³-hybridized carbons (Fsp3) is 0.812. The summed E-state index contributed by atoms with van der Waals surface area (Å²) < 4.78 is 5.23. The van der Waals surface area contributed by atoms with Crippen molar-refractivity contribution in [2.45, 2.75) is 32.3 Å². The summed E-state index contributed by atoms with van der Waals surface area (Å²) in [5, 5.41) is 9.86. The molecule has 0 aromatic carbocycles. The second kappa shape index (κ2) is 8.51. The maximum absolute atomic E-state index is 12.4. The number of aliphatic hydroxyl groups excluding tert-OH is 1. The Bertz CT molecular complexity index is 351. The second-order valence-corrected chi connectivity index (χ2v) is 5.92.